The van der Waals surface area contributed by atoms with Crippen molar-refractivity contribution in [3.8, 4) is 0 Å². The summed E-state index contributed by atoms with van der Waals surface area (Å²) in [6.07, 6.45) is 2.01. The number of rotatable bonds is 2. The molecule has 1 aliphatic carbocycles. The number of benzene rings is 1. The van der Waals surface area contributed by atoms with E-state index in [-0.39, 0.29) is 11.5 Å². The van der Waals surface area contributed by atoms with E-state index in [0.717, 1.165) is 18.4 Å². The number of aliphatic hydroxyl groups excluding tert-OH is 1. The first kappa shape index (κ1) is 9.37. The van der Waals surface area contributed by atoms with Crippen molar-refractivity contribution in [2.45, 2.75) is 25.9 Å². The summed E-state index contributed by atoms with van der Waals surface area (Å²) < 4.78 is 1.25. The molecule has 1 aliphatic rings. The van der Waals surface area contributed by atoms with Gasteiger partial charge in [0.25, 0.3) is 0 Å². The molecule has 1 atom stereocenters. The molecule has 1 aromatic heterocycles. The third-order valence-electron chi connectivity index (χ3n) is 3.50. The monoisotopic (exact) mass is 218 g/mol. The van der Waals surface area contributed by atoms with Crippen LogP contribution < -0.4 is 0 Å². The normalized spacial score (nSPS) is 20.4. The molecule has 78 valence electrons. The van der Waals surface area contributed by atoms with Crippen LogP contribution in [0.1, 0.15) is 31.4 Å². The van der Waals surface area contributed by atoms with Crippen molar-refractivity contribution in [2.24, 2.45) is 5.41 Å². The summed E-state index contributed by atoms with van der Waals surface area (Å²) >= 11 is 1.73. The highest BCUT2D eigenvalue weighted by Crippen LogP contribution is 2.55. The molecule has 1 saturated carbocycles. The Kier molecular flexibility index (Phi) is 1.91. The quantitative estimate of drug-likeness (QED) is 0.814. The van der Waals surface area contributed by atoms with Gasteiger partial charge in [-0.15, -0.1) is 11.3 Å². The van der Waals surface area contributed by atoms with E-state index in [1.807, 2.05) is 6.07 Å². The van der Waals surface area contributed by atoms with Gasteiger partial charge in [-0.2, -0.15) is 0 Å². The molecule has 2 heteroatoms. The largest absolute Gasteiger partial charge is 0.388 e. The van der Waals surface area contributed by atoms with Gasteiger partial charge < -0.3 is 5.11 Å². The Morgan fingerprint density at radius 1 is 1.33 bits per heavy atom. The highest BCUT2D eigenvalue weighted by Gasteiger charge is 2.45. The molecular formula is C13H14OS. The molecule has 0 spiro atoms. The fraction of sp³-hybridized carbons (Fsp3) is 0.385. The Bertz CT molecular complexity index is 496. The topological polar surface area (TPSA) is 20.2 Å². The summed E-state index contributed by atoms with van der Waals surface area (Å²) in [4.78, 5) is 0. The van der Waals surface area contributed by atoms with E-state index in [1.54, 1.807) is 11.3 Å². The van der Waals surface area contributed by atoms with Gasteiger partial charge in [0.1, 0.15) is 0 Å². The molecule has 0 aliphatic heterocycles. The molecule has 1 heterocycles. The van der Waals surface area contributed by atoms with Crippen LogP contribution in [0.2, 0.25) is 0 Å². The first-order chi connectivity index (χ1) is 7.21. The zero-order valence-corrected chi connectivity index (χ0v) is 9.55. The summed E-state index contributed by atoms with van der Waals surface area (Å²) in [6.45, 7) is 2.17. The second-order valence-electron chi connectivity index (χ2n) is 4.74. The number of hydrogen-bond acceptors (Lipinski definition) is 2. The van der Waals surface area contributed by atoms with Gasteiger partial charge in [-0.05, 0) is 40.7 Å². The molecule has 1 fully saturated rings. The van der Waals surface area contributed by atoms with Gasteiger partial charge in [0, 0.05) is 4.70 Å². The van der Waals surface area contributed by atoms with Crippen LogP contribution in [0.5, 0.6) is 0 Å². The number of thiophene rings is 1. The first-order valence-electron chi connectivity index (χ1n) is 5.35. The molecule has 0 bridgehead atoms. The van der Waals surface area contributed by atoms with E-state index >= 15 is 0 Å². The van der Waals surface area contributed by atoms with E-state index in [2.05, 4.69) is 30.5 Å². The van der Waals surface area contributed by atoms with Crippen molar-refractivity contribution in [3.05, 3.63) is 35.2 Å². The minimum atomic E-state index is -0.292. The maximum atomic E-state index is 10.3. The maximum absolute atomic E-state index is 10.3. The number of fused-ring (bicyclic) bond motifs is 1. The van der Waals surface area contributed by atoms with Crippen molar-refractivity contribution in [1.82, 2.24) is 0 Å². The van der Waals surface area contributed by atoms with Gasteiger partial charge >= 0.3 is 0 Å². The number of hydrogen-bond donors (Lipinski definition) is 1. The molecule has 0 saturated heterocycles. The Morgan fingerprint density at radius 2 is 2.13 bits per heavy atom. The zero-order chi connectivity index (χ0) is 10.5. The molecule has 1 aromatic carbocycles. The second-order valence-corrected chi connectivity index (χ2v) is 5.66. The Morgan fingerprint density at radius 3 is 2.87 bits per heavy atom. The second kappa shape index (κ2) is 3.06. The minimum Gasteiger partial charge on any atom is -0.388 e. The lowest BCUT2D eigenvalue weighted by Crippen LogP contribution is -2.09. The van der Waals surface area contributed by atoms with Gasteiger partial charge in [-0.3, -0.25) is 0 Å². The third-order valence-corrected chi connectivity index (χ3v) is 4.48. The van der Waals surface area contributed by atoms with Gasteiger partial charge in [0.2, 0.25) is 0 Å². The van der Waals surface area contributed by atoms with Crippen LogP contribution in [0.15, 0.2) is 29.6 Å². The van der Waals surface area contributed by atoms with Crippen LogP contribution >= 0.6 is 11.3 Å². The van der Waals surface area contributed by atoms with Crippen LogP contribution in [0.25, 0.3) is 10.1 Å². The molecule has 1 unspecified atom stereocenters. The van der Waals surface area contributed by atoms with Crippen LogP contribution in [0, 0.1) is 5.41 Å². The van der Waals surface area contributed by atoms with Crippen LogP contribution in [-0.2, 0) is 0 Å². The molecule has 0 radical (unpaired) electrons. The van der Waals surface area contributed by atoms with Gasteiger partial charge in [-0.1, -0.05) is 25.1 Å². The van der Waals surface area contributed by atoms with E-state index in [4.69, 9.17) is 0 Å². The molecule has 3 rings (SSSR count). The highest BCUT2D eigenvalue weighted by atomic mass is 32.1. The minimum absolute atomic E-state index is 0.137. The van der Waals surface area contributed by atoms with Crippen molar-refractivity contribution >= 4 is 21.4 Å². The zero-order valence-electron chi connectivity index (χ0n) is 8.73. The Labute approximate surface area is 93.4 Å². The average molecular weight is 218 g/mol. The fourth-order valence-electron chi connectivity index (χ4n) is 2.08. The van der Waals surface area contributed by atoms with Gasteiger partial charge in [0.05, 0.1) is 6.10 Å². The van der Waals surface area contributed by atoms with E-state index in [1.165, 1.54) is 10.1 Å². The summed E-state index contributed by atoms with van der Waals surface area (Å²) in [5, 5.41) is 13.7. The molecule has 1 N–H and O–H groups in total. The first-order valence-corrected chi connectivity index (χ1v) is 6.23. The van der Waals surface area contributed by atoms with Crippen LogP contribution in [0.3, 0.4) is 0 Å². The molecule has 1 nitrogen and oxygen atoms in total. The van der Waals surface area contributed by atoms with Crippen molar-refractivity contribution in [2.75, 3.05) is 0 Å². The molecule has 2 aromatic rings. The molecule has 15 heavy (non-hydrogen) atoms. The summed E-state index contributed by atoms with van der Waals surface area (Å²) in [7, 11) is 0. The van der Waals surface area contributed by atoms with Gasteiger partial charge in [-0.25, -0.2) is 0 Å². The van der Waals surface area contributed by atoms with Crippen molar-refractivity contribution in [1.29, 1.82) is 0 Å². The Hall–Kier alpha value is -0.860. The van der Waals surface area contributed by atoms with Crippen molar-refractivity contribution in [3.63, 3.8) is 0 Å². The smallest absolute Gasteiger partial charge is 0.0857 e. The standard InChI is InChI=1S/C13H14OS/c1-13(6-7-13)12(14)10-4-2-3-9-5-8-15-11(9)10/h2-5,8,12,14H,6-7H2,1H3. The Balaban J connectivity index is 2.13. The summed E-state index contributed by atoms with van der Waals surface area (Å²) in [6, 6.07) is 8.33. The van der Waals surface area contributed by atoms with E-state index in [0.29, 0.717) is 0 Å². The SMILES string of the molecule is CC1(C(O)c2cccc3ccsc23)CC1. The lowest BCUT2D eigenvalue weighted by molar-refractivity contribution is 0.105. The van der Waals surface area contributed by atoms with Crippen LogP contribution in [-0.4, -0.2) is 5.11 Å². The summed E-state index contributed by atoms with van der Waals surface area (Å²) in [5.74, 6) is 0. The lowest BCUT2D eigenvalue weighted by Gasteiger charge is -2.18. The molecule has 0 amide bonds. The van der Waals surface area contributed by atoms with Crippen molar-refractivity contribution < 1.29 is 5.11 Å². The predicted octanol–water partition coefficient (Wildman–Crippen LogP) is 3.73. The average Bonchev–Trinajstić information content (AvgIpc) is 2.82. The van der Waals surface area contributed by atoms with E-state index < -0.39 is 0 Å². The van der Waals surface area contributed by atoms with Gasteiger partial charge in [0.15, 0.2) is 0 Å². The maximum Gasteiger partial charge on any atom is 0.0857 e. The van der Waals surface area contributed by atoms with Crippen LogP contribution in [0.4, 0.5) is 0 Å². The number of aliphatic hydroxyl groups is 1. The predicted molar refractivity (Wildman–Crippen MR) is 64.1 cm³/mol. The lowest BCUT2D eigenvalue weighted by atomic mass is 9.94. The summed E-state index contributed by atoms with van der Waals surface area (Å²) in [5.41, 5.74) is 1.25. The van der Waals surface area contributed by atoms with E-state index in [9.17, 15) is 5.11 Å². The third kappa shape index (κ3) is 1.40. The highest BCUT2D eigenvalue weighted by molar-refractivity contribution is 7.17. The fourth-order valence-corrected chi connectivity index (χ4v) is 3.02. The molecular weight excluding hydrogens is 204 g/mol.